The van der Waals surface area contributed by atoms with Crippen molar-refractivity contribution in [2.75, 3.05) is 6.54 Å². The highest BCUT2D eigenvalue weighted by atomic mass is 16.4. The molecule has 0 aliphatic rings. The predicted octanol–water partition coefficient (Wildman–Crippen LogP) is 1.51. The Kier molecular flexibility index (Phi) is 5.16. The third-order valence-electron chi connectivity index (χ3n) is 4.05. The molecule has 1 atom stereocenters. The molecule has 1 unspecified atom stereocenters. The Morgan fingerprint density at radius 2 is 1.96 bits per heavy atom. The average molecular weight is 315 g/mol. The second-order valence-electron chi connectivity index (χ2n) is 5.73. The largest absolute Gasteiger partial charge is 0.481 e. The SMILES string of the molecule is Cn1nccc1CCC(=O)NCC(C)(C(=O)O)c1ccccc1. The number of carboxylic acids is 1. The average Bonchev–Trinajstić information content (AvgIpc) is 2.96. The minimum absolute atomic E-state index is 0.0521. The maximum Gasteiger partial charge on any atom is 0.315 e. The molecule has 2 N–H and O–H groups in total. The normalized spacial score (nSPS) is 13.3. The number of hydrogen-bond donors (Lipinski definition) is 2. The van der Waals surface area contributed by atoms with E-state index in [4.69, 9.17) is 0 Å². The maximum absolute atomic E-state index is 12.0. The number of carbonyl (C=O) groups is 2. The minimum atomic E-state index is -1.15. The lowest BCUT2D eigenvalue weighted by atomic mass is 9.82. The summed E-state index contributed by atoms with van der Waals surface area (Å²) in [6.45, 7) is 1.67. The summed E-state index contributed by atoms with van der Waals surface area (Å²) in [6.07, 6.45) is 2.55. The Hall–Kier alpha value is -2.63. The molecule has 0 aliphatic heterocycles. The van der Waals surface area contributed by atoms with E-state index >= 15 is 0 Å². The van der Waals surface area contributed by atoms with Crippen LogP contribution in [0.3, 0.4) is 0 Å². The summed E-state index contributed by atoms with van der Waals surface area (Å²) in [7, 11) is 1.82. The fraction of sp³-hybridized carbons (Fsp3) is 0.353. The number of hydrogen-bond acceptors (Lipinski definition) is 3. The van der Waals surface area contributed by atoms with Crippen molar-refractivity contribution < 1.29 is 14.7 Å². The highest BCUT2D eigenvalue weighted by molar-refractivity contribution is 5.83. The Morgan fingerprint density at radius 3 is 2.52 bits per heavy atom. The monoisotopic (exact) mass is 315 g/mol. The molecule has 0 fully saturated rings. The standard InChI is InChI=1S/C17H21N3O3/c1-17(16(22)23,13-6-4-3-5-7-13)12-18-15(21)9-8-14-10-11-19-20(14)2/h3-7,10-11H,8-9,12H2,1-2H3,(H,18,21)(H,22,23). The van der Waals surface area contributed by atoms with Crippen molar-refractivity contribution in [2.24, 2.45) is 7.05 Å². The molecule has 6 heteroatoms. The van der Waals surface area contributed by atoms with Crippen LogP contribution < -0.4 is 5.32 Å². The Bertz CT molecular complexity index is 681. The summed E-state index contributed by atoms with van der Waals surface area (Å²) < 4.78 is 1.72. The Morgan fingerprint density at radius 1 is 1.26 bits per heavy atom. The van der Waals surface area contributed by atoms with E-state index in [1.54, 1.807) is 42.1 Å². The fourth-order valence-electron chi connectivity index (χ4n) is 2.36. The lowest BCUT2D eigenvalue weighted by Gasteiger charge is -2.25. The van der Waals surface area contributed by atoms with Crippen molar-refractivity contribution in [3.8, 4) is 0 Å². The highest BCUT2D eigenvalue weighted by Gasteiger charge is 2.35. The van der Waals surface area contributed by atoms with Crippen molar-refractivity contribution in [3.63, 3.8) is 0 Å². The number of nitrogens with zero attached hydrogens (tertiary/aromatic N) is 2. The topological polar surface area (TPSA) is 84.2 Å². The smallest absolute Gasteiger partial charge is 0.315 e. The molecule has 0 aliphatic carbocycles. The number of benzene rings is 1. The molecule has 2 rings (SSSR count). The van der Waals surface area contributed by atoms with Crippen LogP contribution in [-0.4, -0.2) is 33.3 Å². The molecule has 1 amide bonds. The summed E-state index contributed by atoms with van der Waals surface area (Å²) >= 11 is 0. The zero-order valence-electron chi connectivity index (χ0n) is 13.3. The molecular weight excluding hydrogens is 294 g/mol. The molecule has 1 aromatic heterocycles. The molecule has 0 spiro atoms. The van der Waals surface area contributed by atoms with Crippen LogP contribution >= 0.6 is 0 Å². The third kappa shape index (κ3) is 3.97. The van der Waals surface area contributed by atoms with E-state index in [9.17, 15) is 14.7 Å². The van der Waals surface area contributed by atoms with Gasteiger partial charge >= 0.3 is 5.97 Å². The summed E-state index contributed by atoms with van der Waals surface area (Å²) in [5.41, 5.74) is 0.479. The number of aromatic nitrogens is 2. The van der Waals surface area contributed by atoms with Gasteiger partial charge in [-0.25, -0.2) is 0 Å². The van der Waals surface area contributed by atoms with Gasteiger partial charge in [0.1, 0.15) is 5.41 Å². The molecule has 2 aromatic rings. The third-order valence-corrected chi connectivity index (χ3v) is 4.05. The van der Waals surface area contributed by atoms with E-state index < -0.39 is 11.4 Å². The first-order valence-electron chi connectivity index (χ1n) is 7.46. The van der Waals surface area contributed by atoms with Gasteiger partial charge in [0.25, 0.3) is 0 Å². The van der Waals surface area contributed by atoms with Crippen molar-refractivity contribution in [3.05, 3.63) is 53.9 Å². The summed E-state index contributed by atoms with van der Waals surface area (Å²) in [4.78, 5) is 23.7. The van der Waals surface area contributed by atoms with E-state index in [0.717, 1.165) is 5.69 Å². The fourth-order valence-corrected chi connectivity index (χ4v) is 2.36. The number of nitrogens with one attached hydrogen (secondary N) is 1. The van der Waals surface area contributed by atoms with Crippen molar-refractivity contribution in [1.82, 2.24) is 15.1 Å². The number of carbonyl (C=O) groups excluding carboxylic acids is 1. The molecule has 1 aromatic carbocycles. The predicted molar refractivity (Wildman–Crippen MR) is 86.0 cm³/mol. The van der Waals surface area contributed by atoms with Crippen LogP contribution in [0, 0.1) is 0 Å². The molecule has 0 saturated heterocycles. The van der Waals surface area contributed by atoms with E-state index in [-0.39, 0.29) is 12.5 Å². The molecule has 0 saturated carbocycles. The van der Waals surface area contributed by atoms with Gasteiger partial charge in [0, 0.05) is 31.9 Å². The molecule has 122 valence electrons. The van der Waals surface area contributed by atoms with Crippen LogP contribution in [0.1, 0.15) is 24.6 Å². The van der Waals surface area contributed by atoms with Crippen LogP contribution in [-0.2, 0) is 28.5 Å². The number of amides is 1. The van der Waals surface area contributed by atoms with Crippen LogP contribution in [0.15, 0.2) is 42.6 Å². The summed E-state index contributed by atoms with van der Waals surface area (Å²) in [5.74, 6) is -1.13. The summed E-state index contributed by atoms with van der Waals surface area (Å²) in [5, 5.41) is 16.3. The first-order valence-corrected chi connectivity index (χ1v) is 7.46. The van der Waals surface area contributed by atoms with Crippen LogP contribution in [0.2, 0.25) is 0 Å². The van der Waals surface area contributed by atoms with E-state index in [1.165, 1.54) is 0 Å². The lowest BCUT2D eigenvalue weighted by molar-refractivity contribution is -0.143. The van der Waals surface area contributed by atoms with Gasteiger partial charge in [0.05, 0.1) is 0 Å². The first-order chi connectivity index (χ1) is 10.9. The quantitative estimate of drug-likeness (QED) is 0.811. The van der Waals surface area contributed by atoms with Gasteiger partial charge in [-0.05, 0) is 25.0 Å². The van der Waals surface area contributed by atoms with Gasteiger partial charge in [-0.2, -0.15) is 5.10 Å². The van der Waals surface area contributed by atoms with E-state index in [0.29, 0.717) is 18.4 Å². The zero-order valence-corrected chi connectivity index (χ0v) is 13.3. The molecule has 23 heavy (non-hydrogen) atoms. The van der Waals surface area contributed by atoms with Crippen LogP contribution in [0.4, 0.5) is 0 Å². The lowest BCUT2D eigenvalue weighted by Crippen LogP contribution is -2.44. The Labute approximate surface area is 135 Å². The first kappa shape index (κ1) is 16.7. The van der Waals surface area contributed by atoms with Gasteiger partial charge in [0.2, 0.25) is 5.91 Å². The second-order valence-corrected chi connectivity index (χ2v) is 5.73. The molecule has 6 nitrogen and oxygen atoms in total. The molecule has 0 bridgehead atoms. The van der Waals surface area contributed by atoms with Gasteiger partial charge in [-0.15, -0.1) is 0 Å². The van der Waals surface area contributed by atoms with Gasteiger partial charge in [-0.1, -0.05) is 30.3 Å². The van der Waals surface area contributed by atoms with Gasteiger partial charge < -0.3 is 10.4 Å². The highest BCUT2D eigenvalue weighted by Crippen LogP contribution is 2.23. The zero-order chi connectivity index (χ0) is 16.9. The molecule has 1 heterocycles. The van der Waals surface area contributed by atoms with Crippen molar-refractivity contribution in [1.29, 1.82) is 0 Å². The molecular formula is C17H21N3O3. The minimum Gasteiger partial charge on any atom is -0.481 e. The summed E-state index contributed by atoms with van der Waals surface area (Å²) in [6, 6.07) is 10.8. The number of rotatable bonds is 7. The number of carboxylic acid groups (broad SMARTS) is 1. The van der Waals surface area contributed by atoms with Crippen LogP contribution in [0.5, 0.6) is 0 Å². The van der Waals surface area contributed by atoms with Crippen molar-refractivity contribution in [2.45, 2.75) is 25.2 Å². The number of aliphatic carboxylic acids is 1. The second kappa shape index (κ2) is 7.09. The molecule has 0 radical (unpaired) electrons. The number of aryl methyl sites for hydroxylation is 2. The van der Waals surface area contributed by atoms with E-state index in [1.807, 2.05) is 19.2 Å². The maximum atomic E-state index is 12.0. The van der Waals surface area contributed by atoms with Gasteiger partial charge in [-0.3, -0.25) is 14.3 Å². The van der Waals surface area contributed by atoms with Gasteiger partial charge in [0.15, 0.2) is 0 Å². The Balaban J connectivity index is 1.95. The van der Waals surface area contributed by atoms with E-state index in [2.05, 4.69) is 10.4 Å². The van der Waals surface area contributed by atoms with Crippen molar-refractivity contribution >= 4 is 11.9 Å². The van der Waals surface area contributed by atoms with Crippen LogP contribution in [0.25, 0.3) is 0 Å².